The highest BCUT2D eigenvalue weighted by molar-refractivity contribution is 5.97. The van der Waals surface area contributed by atoms with E-state index in [1.807, 2.05) is 12.1 Å². The van der Waals surface area contributed by atoms with Gasteiger partial charge in [-0.25, -0.2) is 0 Å². The van der Waals surface area contributed by atoms with E-state index in [9.17, 15) is 9.90 Å². The minimum Gasteiger partial charge on any atom is -0.380 e. The number of nitrogens with zero attached hydrogens (tertiary/aromatic N) is 1. The zero-order valence-corrected chi connectivity index (χ0v) is 13.6. The van der Waals surface area contributed by atoms with Crippen molar-refractivity contribution in [3.8, 4) is 0 Å². The van der Waals surface area contributed by atoms with Crippen molar-refractivity contribution in [1.82, 2.24) is 4.90 Å². The molecule has 1 aromatic carbocycles. The number of morpholine rings is 1. The largest absolute Gasteiger partial charge is 0.380 e. The van der Waals surface area contributed by atoms with E-state index in [0.29, 0.717) is 12.8 Å². The molecule has 1 amide bonds. The Balaban J connectivity index is 1.49. The summed E-state index contributed by atoms with van der Waals surface area (Å²) in [6.45, 7) is 4.70. The second kappa shape index (κ2) is 7.43. The molecule has 2 aliphatic rings. The van der Waals surface area contributed by atoms with Gasteiger partial charge in [0.15, 0.2) is 0 Å². The maximum absolute atomic E-state index is 12.2. The lowest BCUT2D eigenvalue weighted by atomic mass is 10.0. The van der Waals surface area contributed by atoms with Crippen LogP contribution in [0.15, 0.2) is 24.3 Å². The molecule has 0 radical (unpaired) electrons. The molecular weight excluding hydrogens is 292 g/mol. The second-order valence-electron chi connectivity index (χ2n) is 6.59. The maximum atomic E-state index is 12.2. The zero-order valence-electron chi connectivity index (χ0n) is 13.6. The normalized spacial score (nSPS) is 21.3. The number of rotatable bonds is 5. The van der Waals surface area contributed by atoms with Gasteiger partial charge in [-0.15, -0.1) is 0 Å². The molecule has 3 rings (SSSR count). The number of nitrogens with one attached hydrogen (secondary N) is 1. The molecule has 1 saturated carbocycles. The number of aliphatic hydroxyl groups is 1. The monoisotopic (exact) mass is 318 g/mol. The maximum Gasteiger partial charge on any atom is 0.256 e. The molecule has 0 atom stereocenters. The molecule has 5 nitrogen and oxygen atoms in total. The number of anilines is 1. The highest BCUT2D eigenvalue weighted by Gasteiger charge is 2.38. The van der Waals surface area contributed by atoms with Gasteiger partial charge in [-0.1, -0.05) is 12.1 Å². The van der Waals surface area contributed by atoms with Gasteiger partial charge in [0.1, 0.15) is 5.60 Å². The first kappa shape index (κ1) is 16.4. The Morgan fingerprint density at radius 3 is 2.48 bits per heavy atom. The molecule has 0 spiro atoms. The summed E-state index contributed by atoms with van der Waals surface area (Å²) < 4.78 is 5.35. The number of carbonyl (C=O) groups excluding carboxylic acids is 1. The van der Waals surface area contributed by atoms with Crippen molar-refractivity contribution < 1.29 is 14.6 Å². The fraction of sp³-hybridized carbons (Fsp3) is 0.611. The summed E-state index contributed by atoms with van der Waals surface area (Å²) in [5, 5.41) is 13.1. The van der Waals surface area contributed by atoms with Gasteiger partial charge >= 0.3 is 0 Å². The van der Waals surface area contributed by atoms with Crippen molar-refractivity contribution >= 4 is 11.6 Å². The summed E-state index contributed by atoms with van der Waals surface area (Å²) in [5.41, 5.74) is 0.842. The summed E-state index contributed by atoms with van der Waals surface area (Å²) >= 11 is 0. The van der Waals surface area contributed by atoms with Crippen LogP contribution in [-0.4, -0.2) is 54.4 Å². The molecular formula is C18H26N2O3. The Bertz CT molecular complexity index is 518. The average Bonchev–Trinajstić information content (AvgIpc) is 3.03. The van der Waals surface area contributed by atoms with Gasteiger partial charge in [-0.05, 0) is 49.8 Å². The molecule has 126 valence electrons. The van der Waals surface area contributed by atoms with Crippen molar-refractivity contribution in [3.05, 3.63) is 29.8 Å². The van der Waals surface area contributed by atoms with Gasteiger partial charge in [0.05, 0.1) is 13.2 Å². The standard InChI is InChI=1S/C18H26N2O3/c21-17(18(22)8-1-2-9-18)19-16-5-3-15(4-6-16)7-10-20-11-13-23-14-12-20/h3-6,22H,1-2,7-14H2,(H,19,21). The lowest BCUT2D eigenvalue weighted by molar-refractivity contribution is -0.133. The molecule has 1 aliphatic heterocycles. The Labute approximate surface area is 137 Å². The molecule has 1 saturated heterocycles. The van der Waals surface area contributed by atoms with Crippen LogP contribution in [0.25, 0.3) is 0 Å². The summed E-state index contributed by atoms with van der Waals surface area (Å²) in [6.07, 6.45) is 3.97. The first-order chi connectivity index (χ1) is 11.2. The van der Waals surface area contributed by atoms with E-state index in [1.54, 1.807) is 0 Å². The van der Waals surface area contributed by atoms with E-state index in [1.165, 1.54) is 5.56 Å². The van der Waals surface area contributed by atoms with E-state index in [2.05, 4.69) is 22.3 Å². The number of amides is 1. The molecule has 2 N–H and O–H groups in total. The second-order valence-corrected chi connectivity index (χ2v) is 6.59. The van der Waals surface area contributed by atoms with Gasteiger partial charge in [0.25, 0.3) is 5.91 Å². The number of benzene rings is 1. The third-order valence-corrected chi connectivity index (χ3v) is 4.89. The average molecular weight is 318 g/mol. The molecule has 1 aromatic rings. The van der Waals surface area contributed by atoms with Gasteiger partial charge in [0, 0.05) is 25.3 Å². The van der Waals surface area contributed by atoms with Crippen molar-refractivity contribution in [1.29, 1.82) is 0 Å². The predicted molar refractivity (Wildman–Crippen MR) is 89.5 cm³/mol. The first-order valence-corrected chi connectivity index (χ1v) is 8.59. The molecule has 1 aliphatic carbocycles. The van der Waals surface area contributed by atoms with Crippen LogP contribution < -0.4 is 5.32 Å². The van der Waals surface area contributed by atoms with E-state index >= 15 is 0 Å². The third kappa shape index (κ3) is 4.31. The fourth-order valence-electron chi connectivity index (χ4n) is 3.30. The Morgan fingerprint density at radius 1 is 1.17 bits per heavy atom. The molecule has 0 unspecified atom stereocenters. The minimum absolute atomic E-state index is 0.268. The molecule has 0 aromatic heterocycles. The van der Waals surface area contributed by atoms with Gasteiger partial charge < -0.3 is 15.2 Å². The van der Waals surface area contributed by atoms with Crippen LogP contribution in [0.2, 0.25) is 0 Å². The Morgan fingerprint density at radius 2 is 1.83 bits per heavy atom. The number of hydrogen-bond acceptors (Lipinski definition) is 4. The Hall–Kier alpha value is -1.43. The van der Waals surface area contributed by atoms with E-state index in [4.69, 9.17) is 4.74 Å². The smallest absolute Gasteiger partial charge is 0.256 e. The highest BCUT2D eigenvalue weighted by atomic mass is 16.5. The summed E-state index contributed by atoms with van der Waals surface area (Å²) in [4.78, 5) is 14.6. The Kier molecular flexibility index (Phi) is 5.30. The molecule has 5 heteroatoms. The molecule has 2 fully saturated rings. The van der Waals surface area contributed by atoms with Crippen LogP contribution in [0.1, 0.15) is 31.2 Å². The lowest BCUT2D eigenvalue weighted by Gasteiger charge is -2.26. The van der Waals surface area contributed by atoms with Crippen LogP contribution in [0.5, 0.6) is 0 Å². The summed E-state index contributed by atoms with van der Waals surface area (Å²) in [7, 11) is 0. The van der Waals surface area contributed by atoms with Gasteiger partial charge in [-0.2, -0.15) is 0 Å². The number of hydrogen-bond donors (Lipinski definition) is 2. The summed E-state index contributed by atoms with van der Waals surface area (Å²) in [6, 6.07) is 7.94. The zero-order chi connectivity index (χ0) is 16.1. The summed E-state index contributed by atoms with van der Waals surface area (Å²) in [5.74, 6) is -0.268. The predicted octanol–water partition coefficient (Wildman–Crippen LogP) is 1.80. The van der Waals surface area contributed by atoms with Crippen LogP contribution in [0.3, 0.4) is 0 Å². The van der Waals surface area contributed by atoms with Crippen molar-refractivity contribution in [2.24, 2.45) is 0 Å². The molecule has 0 bridgehead atoms. The lowest BCUT2D eigenvalue weighted by Crippen LogP contribution is -2.40. The quantitative estimate of drug-likeness (QED) is 0.869. The van der Waals surface area contributed by atoms with Gasteiger partial charge in [-0.3, -0.25) is 9.69 Å². The third-order valence-electron chi connectivity index (χ3n) is 4.89. The molecule has 1 heterocycles. The van der Waals surface area contributed by atoms with Crippen LogP contribution in [-0.2, 0) is 16.0 Å². The fourth-order valence-corrected chi connectivity index (χ4v) is 3.30. The van der Waals surface area contributed by atoms with Crippen LogP contribution >= 0.6 is 0 Å². The highest BCUT2D eigenvalue weighted by Crippen LogP contribution is 2.30. The van der Waals surface area contributed by atoms with Crippen LogP contribution in [0, 0.1) is 0 Å². The van der Waals surface area contributed by atoms with Crippen LogP contribution in [0.4, 0.5) is 5.69 Å². The number of carbonyl (C=O) groups is 1. The van der Waals surface area contributed by atoms with Crippen molar-refractivity contribution in [3.63, 3.8) is 0 Å². The minimum atomic E-state index is -1.17. The van der Waals surface area contributed by atoms with E-state index in [0.717, 1.165) is 57.8 Å². The molecule has 23 heavy (non-hydrogen) atoms. The van der Waals surface area contributed by atoms with Gasteiger partial charge in [0.2, 0.25) is 0 Å². The van der Waals surface area contributed by atoms with Crippen molar-refractivity contribution in [2.45, 2.75) is 37.7 Å². The van der Waals surface area contributed by atoms with E-state index < -0.39 is 5.60 Å². The first-order valence-electron chi connectivity index (χ1n) is 8.59. The number of ether oxygens (including phenoxy) is 1. The topological polar surface area (TPSA) is 61.8 Å². The van der Waals surface area contributed by atoms with E-state index in [-0.39, 0.29) is 5.91 Å². The SMILES string of the molecule is O=C(Nc1ccc(CCN2CCOCC2)cc1)C1(O)CCCC1. The van der Waals surface area contributed by atoms with Crippen molar-refractivity contribution in [2.75, 3.05) is 38.2 Å².